The van der Waals surface area contributed by atoms with E-state index in [0.29, 0.717) is 0 Å². The van der Waals surface area contributed by atoms with Gasteiger partial charge in [0.1, 0.15) is 5.54 Å². The molecule has 0 aromatic heterocycles. The van der Waals surface area contributed by atoms with Gasteiger partial charge in [0.25, 0.3) is 0 Å². The third kappa shape index (κ3) is 3.52. The van der Waals surface area contributed by atoms with E-state index < -0.39 is 17.4 Å². The molecule has 0 heterocycles. The van der Waals surface area contributed by atoms with Crippen LogP contribution in [0.5, 0.6) is 0 Å². The van der Waals surface area contributed by atoms with Gasteiger partial charge in [0.05, 0.1) is 0 Å². The summed E-state index contributed by atoms with van der Waals surface area (Å²) in [6.45, 7) is 0. The van der Waals surface area contributed by atoms with Crippen LogP contribution < -0.4 is 5.73 Å². The van der Waals surface area contributed by atoms with E-state index in [4.69, 9.17) is 5.73 Å². The van der Waals surface area contributed by atoms with Gasteiger partial charge in [-0.25, -0.2) is 0 Å². The molecule has 0 saturated heterocycles. The van der Waals surface area contributed by atoms with Crippen LogP contribution in [-0.4, -0.2) is 22.4 Å². The van der Waals surface area contributed by atoms with Gasteiger partial charge in [-0.05, 0) is 22.3 Å². The third-order valence-corrected chi connectivity index (χ3v) is 5.18. The Labute approximate surface area is 158 Å². The maximum Gasteiger partial charge on any atom is 0.325 e. The first-order valence-electron chi connectivity index (χ1n) is 8.39. The molecular formula is C22H21NO2S. The highest BCUT2D eigenvalue weighted by Gasteiger charge is 2.43. The molecule has 0 amide bonds. The fourth-order valence-corrected chi connectivity index (χ4v) is 3.53. The van der Waals surface area contributed by atoms with Crippen molar-refractivity contribution >= 4 is 18.6 Å². The average molecular weight is 363 g/mol. The molecule has 0 bridgehead atoms. The predicted molar refractivity (Wildman–Crippen MR) is 109 cm³/mol. The van der Waals surface area contributed by atoms with Crippen LogP contribution >= 0.6 is 12.6 Å². The number of aliphatic carboxylic acids is 1. The molecule has 3 aromatic carbocycles. The summed E-state index contributed by atoms with van der Waals surface area (Å²) in [5, 5.41) is 9.78. The molecule has 0 fully saturated rings. The number of rotatable bonds is 6. The lowest BCUT2D eigenvalue weighted by atomic mass is 9.76. The molecule has 132 valence electrons. The molecule has 3 nitrogen and oxygen atoms in total. The lowest BCUT2D eigenvalue weighted by molar-refractivity contribution is -0.142. The van der Waals surface area contributed by atoms with Crippen molar-refractivity contribution in [3.8, 4) is 11.1 Å². The summed E-state index contributed by atoms with van der Waals surface area (Å²) in [6.07, 6.45) is 0. The monoisotopic (exact) mass is 363 g/mol. The second-order valence-electron chi connectivity index (χ2n) is 6.34. The standard InChI is InChI=1S/C22H21NO2S/c23-22(15-26,21(24)25)20(18-9-5-2-6-10-18)19-13-11-17(12-14-19)16-7-3-1-4-8-16/h1-14,20,26H,15,23H2,(H,24,25)/t20-,22+/m0/s1. The number of carboxylic acid groups (broad SMARTS) is 1. The summed E-state index contributed by atoms with van der Waals surface area (Å²) in [7, 11) is 0. The molecular weight excluding hydrogens is 342 g/mol. The van der Waals surface area contributed by atoms with Crippen molar-refractivity contribution in [1.29, 1.82) is 0 Å². The largest absolute Gasteiger partial charge is 0.480 e. The van der Waals surface area contributed by atoms with Crippen molar-refractivity contribution in [2.75, 3.05) is 5.75 Å². The molecule has 3 N–H and O–H groups in total. The summed E-state index contributed by atoms with van der Waals surface area (Å²) in [5.74, 6) is -1.53. The van der Waals surface area contributed by atoms with E-state index in [1.807, 2.05) is 84.9 Å². The number of benzene rings is 3. The fraction of sp³-hybridized carbons (Fsp3) is 0.136. The molecule has 0 unspecified atom stereocenters. The van der Waals surface area contributed by atoms with Crippen LogP contribution in [-0.2, 0) is 4.79 Å². The first-order chi connectivity index (χ1) is 12.6. The van der Waals surface area contributed by atoms with Gasteiger partial charge in [0, 0.05) is 11.7 Å². The number of carbonyl (C=O) groups is 1. The molecule has 0 saturated carbocycles. The minimum Gasteiger partial charge on any atom is -0.480 e. The Kier molecular flexibility index (Phi) is 5.45. The van der Waals surface area contributed by atoms with E-state index in [0.717, 1.165) is 22.3 Å². The van der Waals surface area contributed by atoms with Gasteiger partial charge in [0.2, 0.25) is 0 Å². The Balaban J connectivity index is 2.07. The second-order valence-corrected chi connectivity index (χ2v) is 6.65. The van der Waals surface area contributed by atoms with Crippen molar-refractivity contribution in [2.45, 2.75) is 11.5 Å². The predicted octanol–water partition coefficient (Wildman–Crippen LogP) is 4.20. The average Bonchev–Trinajstić information content (AvgIpc) is 2.70. The lowest BCUT2D eigenvalue weighted by Crippen LogP contribution is -2.55. The Morgan fingerprint density at radius 2 is 1.31 bits per heavy atom. The molecule has 2 atom stereocenters. The fourth-order valence-electron chi connectivity index (χ4n) is 3.21. The van der Waals surface area contributed by atoms with E-state index in [1.165, 1.54) is 0 Å². The van der Waals surface area contributed by atoms with Crippen LogP contribution in [0.25, 0.3) is 11.1 Å². The topological polar surface area (TPSA) is 63.3 Å². The Morgan fingerprint density at radius 3 is 1.81 bits per heavy atom. The first-order valence-corrected chi connectivity index (χ1v) is 9.03. The van der Waals surface area contributed by atoms with Gasteiger partial charge in [-0.1, -0.05) is 84.9 Å². The maximum atomic E-state index is 12.0. The lowest BCUT2D eigenvalue weighted by Gasteiger charge is -2.33. The summed E-state index contributed by atoms with van der Waals surface area (Å²) in [6, 6.07) is 27.5. The Bertz CT molecular complexity index is 866. The van der Waals surface area contributed by atoms with Crippen LogP contribution in [0, 0.1) is 0 Å². The van der Waals surface area contributed by atoms with Gasteiger partial charge in [-0.15, -0.1) is 0 Å². The van der Waals surface area contributed by atoms with Crippen LogP contribution in [0.2, 0.25) is 0 Å². The van der Waals surface area contributed by atoms with E-state index in [-0.39, 0.29) is 5.75 Å². The number of hydrogen-bond acceptors (Lipinski definition) is 3. The molecule has 0 aliphatic carbocycles. The second kappa shape index (κ2) is 7.77. The third-order valence-electron chi connectivity index (χ3n) is 4.66. The van der Waals surface area contributed by atoms with Crippen molar-refractivity contribution in [3.05, 3.63) is 96.1 Å². The molecule has 26 heavy (non-hydrogen) atoms. The SMILES string of the molecule is N[C@@](CS)(C(=O)O)[C@@H](c1ccccc1)c1ccc(-c2ccccc2)cc1. The maximum absolute atomic E-state index is 12.0. The summed E-state index contributed by atoms with van der Waals surface area (Å²) < 4.78 is 0. The number of thiol groups is 1. The normalized spacial score (nSPS) is 14.4. The molecule has 3 rings (SSSR count). The van der Waals surface area contributed by atoms with Crippen molar-refractivity contribution < 1.29 is 9.90 Å². The molecule has 0 aliphatic rings. The molecule has 3 aromatic rings. The number of carboxylic acids is 1. The van der Waals surface area contributed by atoms with Gasteiger partial charge in [-0.3, -0.25) is 4.79 Å². The summed E-state index contributed by atoms with van der Waals surface area (Å²) >= 11 is 4.25. The minimum atomic E-state index is -1.50. The minimum absolute atomic E-state index is 0.0301. The molecule has 0 spiro atoms. The highest BCUT2D eigenvalue weighted by atomic mass is 32.1. The van der Waals surface area contributed by atoms with Crippen molar-refractivity contribution in [2.24, 2.45) is 5.73 Å². The zero-order valence-electron chi connectivity index (χ0n) is 14.2. The molecule has 0 radical (unpaired) electrons. The quantitative estimate of drug-likeness (QED) is 0.575. The summed E-state index contributed by atoms with van der Waals surface area (Å²) in [5.41, 5.74) is 8.72. The van der Waals surface area contributed by atoms with E-state index in [9.17, 15) is 9.90 Å². The van der Waals surface area contributed by atoms with E-state index in [1.54, 1.807) is 0 Å². The number of nitrogens with two attached hydrogens (primary N) is 1. The smallest absolute Gasteiger partial charge is 0.325 e. The van der Waals surface area contributed by atoms with Gasteiger partial charge in [0.15, 0.2) is 0 Å². The zero-order valence-corrected chi connectivity index (χ0v) is 15.1. The van der Waals surface area contributed by atoms with E-state index in [2.05, 4.69) is 12.6 Å². The molecule has 4 heteroatoms. The van der Waals surface area contributed by atoms with Crippen LogP contribution in [0.1, 0.15) is 17.0 Å². The van der Waals surface area contributed by atoms with Crippen LogP contribution in [0.3, 0.4) is 0 Å². The Hall–Kier alpha value is -2.56. The first kappa shape index (κ1) is 18.2. The van der Waals surface area contributed by atoms with Gasteiger partial charge < -0.3 is 10.8 Å². The van der Waals surface area contributed by atoms with Crippen LogP contribution in [0.15, 0.2) is 84.9 Å². The highest BCUT2D eigenvalue weighted by Crippen LogP contribution is 2.35. The summed E-state index contributed by atoms with van der Waals surface area (Å²) in [4.78, 5) is 12.0. The van der Waals surface area contributed by atoms with Gasteiger partial charge >= 0.3 is 5.97 Å². The highest BCUT2D eigenvalue weighted by molar-refractivity contribution is 7.80. The van der Waals surface area contributed by atoms with Gasteiger partial charge in [-0.2, -0.15) is 12.6 Å². The molecule has 0 aliphatic heterocycles. The van der Waals surface area contributed by atoms with E-state index >= 15 is 0 Å². The Morgan fingerprint density at radius 1 is 0.846 bits per heavy atom. The van der Waals surface area contributed by atoms with Crippen LogP contribution in [0.4, 0.5) is 0 Å². The zero-order chi connectivity index (χ0) is 18.6. The van der Waals surface area contributed by atoms with Crippen molar-refractivity contribution in [1.82, 2.24) is 0 Å². The van der Waals surface area contributed by atoms with Crippen molar-refractivity contribution in [3.63, 3.8) is 0 Å². The number of hydrogen-bond donors (Lipinski definition) is 3.